The van der Waals surface area contributed by atoms with Crippen LogP contribution in [0, 0.1) is 10.8 Å². The average Bonchev–Trinajstić information content (AvgIpc) is 3.21. The van der Waals surface area contributed by atoms with Crippen LogP contribution in [0.4, 0.5) is 0 Å². The summed E-state index contributed by atoms with van der Waals surface area (Å²) in [6, 6.07) is 0. The molecule has 1 saturated carbocycles. The third-order valence-electron chi connectivity index (χ3n) is 7.54. The highest BCUT2D eigenvalue weighted by atomic mass is 35.5. The van der Waals surface area contributed by atoms with Crippen LogP contribution < -0.4 is 0 Å². The van der Waals surface area contributed by atoms with Gasteiger partial charge >= 0.3 is 0 Å². The fraction of sp³-hybridized carbons (Fsp3) is 0.684. The molecule has 154 valence electrons. The third kappa shape index (κ3) is 1.76. The highest BCUT2D eigenvalue weighted by Crippen LogP contribution is 2.75. The van der Waals surface area contributed by atoms with Crippen LogP contribution in [0.3, 0.4) is 0 Å². The van der Waals surface area contributed by atoms with Gasteiger partial charge in [0.25, 0.3) is 0 Å². The van der Waals surface area contributed by atoms with Crippen molar-refractivity contribution in [1.82, 2.24) is 4.90 Å². The van der Waals surface area contributed by atoms with Gasteiger partial charge in [0.05, 0.1) is 37.7 Å². The Morgan fingerprint density at radius 3 is 2.54 bits per heavy atom. The van der Waals surface area contributed by atoms with Crippen molar-refractivity contribution in [1.29, 1.82) is 0 Å². The first-order chi connectivity index (χ1) is 13.3. The van der Waals surface area contributed by atoms with Gasteiger partial charge in [-0.05, 0) is 26.4 Å². The summed E-state index contributed by atoms with van der Waals surface area (Å²) in [4.78, 5) is 15.5. The summed E-state index contributed by atoms with van der Waals surface area (Å²) >= 11 is 6.91. The molecule has 0 aromatic carbocycles. The van der Waals surface area contributed by atoms with Gasteiger partial charge in [-0.2, -0.15) is 0 Å². The number of rotatable bonds is 3. The number of ether oxygens (including phenoxy) is 3. The lowest BCUT2D eigenvalue weighted by Gasteiger charge is -2.53. The second-order valence-electron chi connectivity index (χ2n) is 7.96. The normalized spacial score (nSPS) is 44.1. The van der Waals surface area contributed by atoms with Crippen LogP contribution in [0.15, 0.2) is 28.5 Å². The van der Waals surface area contributed by atoms with Gasteiger partial charge in [-0.1, -0.05) is 5.16 Å². The molecular weight excluding hydrogens is 388 g/mol. The van der Waals surface area contributed by atoms with E-state index in [9.17, 15) is 15.1 Å². The van der Waals surface area contributed by atoms with Gasteiger partial charge in [-0.25, -0.2) is 0 Å². The van der Waals surface area contributed by atoms with E-state index < -0.39 is 27.8 Å². The minimum atomic E-state index is -1.32. The SMILES string of the molecule is COC1=CC(=O)[C@@]2([C@@H]1O)[C@@H](Cl)C[C@@]13C(OC)=C(OC)/C(=N/O)C[C@@]21CCN3C. The highest BCUT2D eigenvalue weighted by molar-refractivity contribution is 6.25. The van der Waals surface area contributed by atoms with Crippen molar-refractivity contribution in [2.24, 2.45) is 16.0 Å². The van der Waals surface area contributed by atoms with Gasteiger partial charge < -0.3 is 24.5 Å². The lowest BCUT2D eigenvalue weighted by Crippen LogP contribution is -2.63. The van der Waals surface area contributed by atoms with Gasteiger partial charge in [0, 0.05) is 17.9 Å². The Kier molecular flexibility index (Phi) is 4.27. The maximum atomic E-state index is 13.4. The summed E-state index contributed by atoms with van der Waals surface area (Å²) in [6.45, 7) is 0.663. The van der Waals surface area contributed by atoms with E-state index in [0.29, 0.717) is 30.9 Å². The molecule has 0 unspecified atom stereocenters. The fourth-order valence-corrected chi connectivity index (χ4v) is 7.18. The molecule has 2 N–H and O–H groups in total. The zero-order valence-corrected chi connectivity index (χ0v) is 17.1. The first kappa shape index (κ1) is 19.5. The van der Waals surface area contributed by atoms with E-state index in [2.05, 4.69) is 10.1 Å². The largest absolute Gasteiger partial charge is 0.498 e. The van der Waals surface area contributed by atoms with Crippen molar-refractivity contribution in [2.45, 2.75) is 36.3 Å². The molecule has 8 nitrogen and oxygen atoms in total. The number of carbonyl (C=O) groups is 1. The second kappa shape index (κ2) is 6.11. The molecule has 4 rings (SSSR count). The van der Waals surface area contributed by atoms with Crippen LogP contribution in [0.5, 0.6) is 0 Å². The van der Waals surface area contributed by atoms with Gasteiger partial charge in [0.15, 0.2) is 17.3 Å². The van der Waals surface area contributed by atoms with Crippen molar-refractivity contribution < 1.29 is 29.3 Å². The fourth-order valence-electron chi connectivity index (χ4n) is 6.52. The Labute approximate surface area is 168 Å². The molecule has 28 heavy (non-hydrogen) atoms. The molecule has 0 aromatic rings. The lowest BCUT2D eigenvalue weighted by molar-refractivity contribution is -0.141. The predicted molar refractivity (Wildman–Crippen MR) is 100 cm³/mol. The maximum absolute atomic E-state index is 13.4. The number of aliphatic hydroxyl groups is 1. The number of likely N-dealkylation sites (tertiary alicyclic amines) is 1. The molecular formula is C19H25ClN2O6. The van der Waals surface area contributed by atoms with Crippen molar-refractivity contribution in [3.63, 3.8) is 0 Å². The van der Waals surface area contributed by atoms with Gasteiger partial charge in [0.1, 0.15) is 17.6 Å². The van der Waals surface area contributed by atoms with Crippen LogP contribution in [0.25, 0.3) is 0 Å². The number of alkyl halides is 1. The van der Waals surface area contributed by atoms with E-state index in [4.69, 9.17) is 25.8 Å². The maximum Gasteiger partial charge on any atom is 0.183 e. The number of nitrogens with zero attached hydrogens (tertiary/aromatic N) is 2. The Hall–Kier alpha value is -1.77. The number of carbonyl (C=O) groups excluding carboxylic acids is 1. The number of oxime groups is 1. The number of halogens is 1. The van der Waals surface area contributed by atoms with Crippen molar-refractivity contribution in [3.05, 3.63) is 23.4 Å². The molecule has 9 heteroatoms. The standard InChI is InChI=1S/C19H25ClN2O6/c1-22-6-5-17-8-10(21-25)14(27-3)16(28-4)18(17,22)9-12(20)19(17)13(23)7-11(26-2)15(19)24/h7,12,15,24-25H,5-6,8-9H2,1-4H3/b21-10+/t12-,15+,17+,18+,19+/m0/s1. The predicted octanol–water partition coefficient (Wildman–Crippen LogP) is 1.26. The summed E-state index contributed by atoms with van der Waals surface area (Å²) in [5, 5.41) is 23.8. The topological polar surface area (TPSA) is 101 Å². The van der Waals surface area contributed by atoms with Crippen LogP contribution in [0.2, 0.25) is 0 Å². The quantitative estimate of drug-likeness (QED) is 0.409. The summed E-state index contributed by atoms with van der Waals surface area (Å²) < 4.78 is 16.6. The zero-order valence-electron chi connectivity index (χ0n) is 16.4. The molecule has 1 aliphatic heterocycles. The molecule has 1 saturated heterocycles. The lowest BCUT2D eigenvalue weighted by atomic mass is 9.52. The van der Waals surface area contributed by atoms with E-state index in [0.717, 1.165) is 0 Å². The molecule has 4 aliphatic rings. The summed E-state index contributed by atoms with van der Waals surface area (Å²) in [5.74, 6) is 0.763. The smallest absolute Gasteiger partial charge is 0.183 e. The Morgan fingerprint density at radius 2 is 2.00 bits per heavy atom. The number of aliphatic hydroxyl groups excluding tert-OH is 1. The molecule has 0 amide bonds. The summed E-state index contributed by atoms with van der Waals surface area (Å²) in [6.07, 6.45) is 1.33. The van der Waals surface area contributed by atoms with E-state index in [1.54, 1.807) is 0 Å². The van der Waals surface area contributed by atoms with Crippen LogP contribution >= 0.6 is 11.6 Å². The molecule has 1 spiro atoms. The molecule has 1 heterocycles. The number of hydrogen-bond donors (Lipinski definition) is 2. The number of ketones is 1. The Morgan fingerprint density at radius 1 is 1.29 bits per heavy atom. The van der Waals surface area contributed by atoms with Crippen molar-refractivity contribution in [3.8, 4) is 0 Å². The van der Waals surface area contributed by atoms with Crippen LogP contribution in [-0.2, 0) is 19.0 Å². The van der Waals surface area contributed by atoms with Crippen molar-refractivity contribution in [2.75, 3.05) is 34.9 Å². The molecule has 0 bridgehead atoms. The first-order valence-electron chi connectivity index (χ1n) is 9.19. The van der Waals surface area contributed by atoms with Gasteiger partial charge in [-0.3, -0.25) is 9.69 Å². The van der Waals surface area contributed by atoms with E-state index in [-0.39, 0.29) is 23.7 Å². The highest BCUT2D eigenvalue weighted by Gasteiger charge is 2.83. The third-order valence-corrected chi connectivity index (χ3v) is 8.04. The Balaban J connectivity index is 2.06. The minimum Gasteiger partial charge on any atom is -0.498 e. The van der Waals surface area contributed by atoms with Gasteiger partial charge in [0.2, 0.25) is 0 Å². The van der Waals surface area contributed by atoms with Gasteiger partial charge in [-0.15, -0.1) is 11.6 Å². The first-order valence-corrected chi connectivity index (χ1v) is 9.63. The van der Waals surface area contributed by atoms with E-state index in [1.807, 2.05) is 7.05 Å². The summed E-state index contributed by atoms with van der Waals surface area (Å²) in [7, 11) is 6.39. The molecule has 2 fully saturated rings. The minimum absolute atomic E-state index is 0.207. The molecule has 0 aromatic heterocycles. The second-order valence-corrected chi connectivity index (χ2v) is 8.49. The number of methoxy groups -OCH3 is 3. The van der Waals surface area contributed by atoms with E-state index in [1.165, 1.54) is 27.4 Å². The van der Waals surface area contributed by atoms with Crippen LogP contribution in [0.1, 0.15) is 19.3 Å². The monoisotopic (exact) mass is 412 g/mol. The van der Waals surface area contributed by atoms with Crippen molar-refractivity contribution >= 4 is 23.1 Å². The molecule has 5 atom stereocenters. The van der Waals surface area contributed by atoms with Crippen LogP contribution in [-0.4, -0.2) is 78.7 Å². The van der Waals surface area contributed by atoms with E-state index >= 15 is 0 Å². The zero-order chi connectivity index (χ0) is 20.5. The number of hydrogen-bond acceptors (Lipinski definition) is 8. The number of likely N-dealkylation sites (N-methyl/N-ethyl adjacent to an activating group) is 1. The number of allylic oxidation sites excluding steroid dienone is 2. The molecule has 0 radical (unpaired) electrons. The summed E-state index contributed by atoms with van der Waals surface area (Å²) in [5.41, 5.74) is -2.66. The Bertz CT molecular complexity index is 825. The molecule has 3 aliphatic carbocycles. The average molecular weight is 413 g/mol.